The fourth-order valence-corrected chi connectivity index (χ4v) is 2.98. The number of rotatable bonds is 4. The Kier molecular flexibility index (Phi) is 5.41. The Morgan fingerprint density at radius 1 is 1.00 bits per heavy atom. The first-order valence-electron chi connectivity index (χ1n) is 8.81. The molecular weight excluding hydrogens is 340 g/mol. The third kappa shape index (κ3) is 3.77. The van der Waals surface area contributed by atoms with Gasteiger partial charge in [0.1, 0.15) is 5.75 Å². The van der Waals surface area contributed by atoms with E-state index in [2.05, 4.69) is 0 Å². The van der Waals surface area contributed by atoms with Gasteiger partial charge in [0.2, 0.25) is 0 Å². The molecule has 0 unspecified atom stereocenters. The summed E-state index contributed by atoms with van der Waals surface area (Å²) < 4.78 is 7.17. The first kappa shape index (κ1) is 18.5. The monoisotopic (exact) mass is 362 g/mol. The van der Waals surface area contributed by atoms with Gasteiger partial charge in [-0.2, -0.15) is 0 Å². The number of carbonyl (C=O) groups excluding carboxylic acids is 1. The molecule has 1 aromatic heterocycles. The molecule has 3 rings (SSSR count). The topological polar surface area (TPSA) is 51.5 Å². The van der Waals surface area contributed by atoms with E-state index in [4.69, 9.17) is 4.74 Å². The molecule has 1 amide bonds. The summed E-state index contributed by atoms with van der Waals surface area (Å²) in [5, 5.41) is 0. The Labute approximate surface area is 158 Å². The summed E-state index contributed by atoms with van der Waals surface area (Å²) in [4.78, 5) is 26.4. The van der Waals surface area contributed by atoms with Crippen LogP contribution in [0.4, 0.5) is 4.79 Å². The van der Waals surface area contributed by atoms with Gasteiger partial charge < -0.3 is 9.64 Å². The van der Waals surface area contributed by atoms with E-state index in [1.807, 2.05) is 67.6 Å². The van der Waals surface area contributed by atoms with Gasteiger partial charge in [-0.05, 0) is 24.1 Å². The molecule has 0 saturated carbocycles. The van der Waals surface area contributed by atoms with Gasteiger partial charge in [-0.25, -0.2) is 4.79 Å². The molecule has 27 heavy (non-hydrogen) atoms. The van der Waals surface area contributed by atoms with Crippen LogP contribution in [-0.2, 0) is 6.42 Å². The van der Waals surface area contributed by atoms with Gasteiger partial charge in [0.15, 0.2) is 0 Å². The summed E-state index contributed by atoms with van der Waals surface area (Å²) in [7, 11) is 3.22. The average Bonchev–Trinajstić information content (AvgIpc) is 2.68. The maximum atomic E-state index is 13.0. The maximum absolute atomic E-state index is 13.0. The van der Waals surface area contributed by atoms with Crippen molar-refractivity contribution in [2.75, 3.05) is 14.1 Å². The summed E-state index contributed by atoms with van der Waals surface area (Å²) in [5.74, 6) is 0.298. The third-order valence-electron chi connectivity index (χ3n) is 4.26. The lowest BCUT2D eigenvalue weighted by atomic mass is 10.0. The van der Waals surface area contributed by atoms with Crippen LogP contribution < -0.4 is 10.3 Å². The number of ether oxygens (including phenoxy) is 1. The third-order valence-corrected chi connectivity index (χ3v) is 4.26. The van der Waals surface area contributed by atoms with Crippen molar-refractivity contribution in [3.63, 3.8) is 0 Å². The molecule has 0 aliphatic carbocycles. The van der Waals surface area contributed by atoms with Crippen molar-refractivity contribution < 1.29 is 9.53 Å². The van der Waals surface area contributed by atoms with Crippen LogP contribution in [-0.4, -0.2) is 29.7 Å². The van der Waals surface area contributed by atoms with Gasteiger partial charge in [0.25, 0.3) is 5.56 Å². The number of hydrogen-bond donors (Lipinski definition) is 0. The molecule has 0 spiro atoms. The van der Waals surface area contributed by atoms with Crippen LogP contribution in [0.25, 0.3) is 16.9 Å². The van der Waals surface area contributed by atoms with Gasteiger partial charge in [-0.3, -0.25) is 9.36 Å². The van der Waals surface area contributed by atoms with Gasteiger partial charge in [-0.15, -0.1) is 0 Å². The zero-order chi connectivity index (χ0) is 19.4. The molecule has 0 fully saturated rings. The second-order valence-electron chi connectivity index (χ2n) is 6.33. The SMILES string of the molecule is CCc1c(OC(=O)N(C)C)cc(=O)n(-c2ccccc2)c1-c1ccccc1. The van der Waals surface area contributed by atoms with Crippen LogP contribution >= 0.6 is 0 Å². The van der Waals surface area contributed by atoms with Gasteiger partial charge in [0, 0.05) is 31.4 Å². The van der Waals surface area contributed by atoms with Crippen LogP contribution in [0.2, 0.25) is 0 Å². The van der Waals surface area contributed by atoms with E-state index in [1.54, 1.807) is 18.7 Å². The normalized spacial score (nSPS) is 10.5. The van der Waals surface area contributed by atoms with Crippen molar-refractivity contribution >= 4 is 6.09 Å². The van der Waals surface area contributed by atoms with Crippen LogP contribution in [0.5, 0.6) is 5.75 Å². The highest BCUT2D eigenvalue weighted by Gasteiger charge is 2.20. The Morgan fingerprint density at radius 3 is 2.15 bits per heavy atom. The van der Waals surface area contributed by atoms with Crippen LogP contribution in [0.1, 0.15) is 12.5 Å². The Bertz CT molecular complexity index is 993. The standard InChI is InChI=1S/C22H22N2O3/c1-4-18-19(27-22(26)23(2)3)15-20(25)24(17-13-9-6-10-14-17)21(18)16-11-7-5-8-12-16/h5-15H,4H2,1-3H3. The van der Waals surface area contributed by atoms with E-state index in [0.29, 0.717) is 12.2 Å². The number of hydrogen-bond acceptors (Lipinski definition) is 3. The van der Waals surface area contributed by atoms with E-state index in [1.165, 1.54) is 11.0 Å². The van der Waals surface area contributed by atoms with Crippen molar-refractivity contribution in [1.29, 1.82) is 0 Å². The number of aromatic nitrogens is 1. The fraction of sp³-hybridized carbons (Fsp3) is 0.182. The molecule has 0 bridgehead atoms. The highest BCUT2D eigenvalue weighted by Crippen LogP contribution is 2.32. The average molecular weight is 362 g/mol. The van der Waals surface area contributed by atoms with E-state index in [0.717, 1.165) is 22.5 Å². The number of nitrogens with zero attached hydrogens (tertiary/aromatic N) is 2. The Balaban J connectivity index is 2.32. The van der Waals surface area contributed by atoms with E-state index in [-0.39, 0.29) is 5.56 Å². The second-order valence-corrected chi connectivity index (χ2v) is 6.33. The molecule has 138 valence electrons. The number of carbonyl (C=O) groups is 1. The number of amides is 1. The molecule has 1 heterocycles. The molecule has 0 radical (unpaired) electrons. The van der Waals surface area contributed by atoms with Crippen LogP contribution in [0.15, 0.2) is 71.5 Å². The molecule has 0 aliphatic heterocycles. The lowest BCUT2D eigenvalue weighted by Gasteiger charge is -2.20. The van der Waals surface area contributed by atoms with Gasteiger partial charge in [0.05, 0.1) is 5.69 Å². The van der Waals surface area contributed by atoms with Crippen molar-refractivity contribution in [3.8, 4) is 22.7 Å². The second kappa shape index (κ2) is 7.91. The molecule has 0 aliphatic rings. The van der Waals surface area contributed by atoms with Gasteiger partial charge in [-0.1, -0.05) is 55.5 Å². The van der Waals surface area contributed by atoms with Crippen LogP contribution in [0, 0.1) is 0 Å². The molecule has 0 saturated heterocycles. The molecule has 0 N–H and O–H groups in total. The molecule has 5 nitrogen and oxygen atoms in total. The zero-order valence-corrected chi connectivity index (χ0v) is 15.7. The van der Waals surface area contributed by atoms with Crippen molar-refractivity contribution in [2.24, 2.45) is 0 Å². The van der Waals surface area contributed by atoms with Crippen molar-refractivity contribution in [3.05, 3.63) is 82.6 Å². The van der Waals surface area contributed by atoms with Crippen molar-refractivity contribution in [2.45, 2.75) is 13.3 Å². The minimum Gasteiger partial charge on any atom is -0.410 e. The largest absolute Gasteiger partial charge is 0.414 e. The number of para-hydroxylation sites is 1. The highest BCUT2D eigenvalue weighted by molar-refractivity contribution is 5.74. The van der Waals surface area contributed by atoms with E-state index < -0.39 is 6.09 Å². The quantitative estimate of drug-likeness (QED) is 0.701. The number of benzene rings is 2. The van der Waals surface area contributed by atoms with Crippen LogP contribution in [0.3, 0.4) is 0 Å². The summed E-state index contributed by atoms with van der Waals surface area (Å²) >= 11 is 0. The first-order chi connectivity index (χ1) is 13.0. The fourth-order valence-electron chi connectivity index (χ4n) is 2.98. The molecule has 0 atom stereocenters. The molecule has 2 aromatic carbocycles. The Hall–Kier alpha value is -3.34. The zero-order valence-electron chi connectivity index (χ0n) is 15.7. The first-order valence-corrected chi connectivity index (χ1v) is 8.81. The molecule has 3 aromatic rings. The van der Waals surface area contributed by atoms with E-state index in [9.17, 15) is 9.59 Å². The minimum absolute atomic E-state index is 0.251. The van der Waals surface area contributed by atoms with Gasteiger partial charge >= 0.3 is 6.09 Å². The predicted octanol–water partition coefficient (Wildman–Crippen LogP) is 4.13. The van der Waals surface area contributed by atoms with E-state index >= 15 is 0 Å². The Morgan fingerprint density at radius 2 is 1.59 bits per heavy atom. The lowest BCUT2D eigenvalue weighted by Crippen LogP contribution is -2.28. The molecule has 5 heteroatoms. The highest BCUT2D eigenvalue weighted by atomic mass is 16.6. The predicted molar refractivity (Wildman–Crippen MR) is 107 cm³/mol. The minimum atomic E-state index is -0.513. The maximum Gasteiger partial charge on any atom is 0.414 e. The number of pyridine rings is 1. The molecular formula is C22H22N2O3. The smallest absolute Gasteiger partial charge is 0.410 e. The lowest BCUT2D eigenvalue weighted by molar-refractivity contribution is 0.171. The summed E-state index contributed by atoms with van der Waals surface area (Å²) in [5.41, 5.74) is 2.94. The summed E-state index contributed by atoms with van der Waals surface area (Å²) in [6.45, 7) is 1.98. The summed E-state index contributed by atoms with van der Waals surface area (Å²) in [6, 6.07) is 20.5. The summed E-state index contributed by atoms with van der Waals surface area (Å²) in [6.07, 6.45) is 0.0912. The van der Waals surface area contributed by atoms with Crippen molar-refractivity contribution in [1.82, 2.24) is 9.47 Å².